The summed E-state index contributed by atoms with van der Waals surface area (Å²) in [5.41, 5.74) is 0. The molecule has 0 aromatic heterocycles. The maximum atomic E-state index is 6.03. The van der Waals surface area contributed by atoms with Crippen molar-refractivity contribution in [3.63, 3.8) is 0 Å². The summed E-state index contributed by atoms with van der Waals surface area (Å²) >= 11 is 17.9. The molecule has 0 heterocycles. The number of benzene rings is 1. The average Bonchev–Trinajstić information content (AvgIpc) is 2.30. The molecule has 19 heavy (non-hydrogen) atoms. The molecule has 5 heteroatoms. The Bertz CT molecular complexity index is 373. The highest BCUT2D eigenvalue weighted by Gasteiger charge is 2.08. The van der Waals surface area contributed by atoms with Crippen molar-refractivity contribution in [2.24, 2.45) is 5.92 Å². The zero-order valence-electron chi connectivity index (χ0n) is 11.3. The topological polar surface area (TPSA) is 21.3 Å². The van der Waals surface area contributed by atoms with Gasteiger partial charge in [0.1, 0.15) is 0 Å². The van der Waals surface area contributed by atoms with Gasteiger partial charge >= 0.3 is 0 Å². The fourth-order valence-electron chi connectivity index (χ4n) is 1.58. The van der Waals surface area contributed by atoms with Crippen molar-refractivity contribution in [2.45, 2.75) is 26.7 Å². The second kappa shape index (κ2) is 8.91. The highest BCUT2D eigenvalue weighted by molar-refractivity contribution is 6.40. The van der Waals surface area contributed by atoms with Crippen LogP contribution in [-0.4, -0.2) is 19.7 Å². The molecule has 0 amide bonds. The van der Waals surface area contributed by atoms with Crippen LogP contribution in [0.5, 0.6) is 5.75 Å². The van der Waals surface area contributed by atoms with Crippen LogP contribution in [-0.2, 0) is 0 Å². The smallest absolute Gasteiger partial charge is 0.156 e. The molecular weight excluding hydrogens is 305 g/mol. The standard InChI is InChI=1S/C14H20Cl3NO/c1-10(2)9-18-5-3-4-6-19-14-12(16)7-11(15)8-13(14)17/h7-8,10,18H,3-6,9H2,1-2H3. The molecular formula is C14H20Cl3NO. The molecule has 0 saturated heterocycles. The second-order valence-corrected chi connectivity index (χ2v) is 6.10. The fourth-order valence-corrected chi connectivity index (χ4v) is 2.51. The highest BCUT2D eigenvalue weighted by Crippen LogP contribution is 2.35. The lowest BCUT2D eigenvalue weighted by atomic mass is 10.2. The van der Waals surface area contributed by atoms with Crippen LogP contribution in [0.4, 0.5) is 0 Å². The Morgan fingerprint density at radius 1 is 1.11 bits per heavy atom. The van der Waals surface area contributed by atoms with Gasteiger partial charge in [0.05, 0.1) is 16.7 Å². The van der Waals surface area contributed by atoms with Gasteiger partial charge in [-0.25, -0.2) is 0 Å². The number of halogens is 3. The van der Waals surface area contributed by atoms with Crippen molar-refractivity contribution in [3.05, 3.63) is 27.2 Å². The first kappa shape index (κ1) is 16.9. The summed E-state index contributed by atoms with van der Waals surface area (Å²) in [5, 5.41) is 4.81. The number of hydrogen-bond donors (Lipinski definition) is 1. The predicted octanol–water partition coefficient (Wildman–Crippen LogP) is 5.05. The van der Waals surface area contributed by atoms with Crippen molar-refractivity contribution in [1.82, 2.24) is 5.32 Å². The normalized spacial score (nSPS) is 11.1. The molecule has 0 unspecified atom stereocenters. The van der Waals surface area contributed by atoms with Crippen molar-refractivity contribution in [3.8, 4) is 5.75 Å². The van der Waals surface area contributed by atoms with Gasteiger partial charge in [-0.05, 0) is 44.0 Å². The minimum absolute atomic E-state index is 0.454. The van der Waals surface area contributed by atoms with E-state index in [2.05, 4.69) is 19.2 Å². The quantitative estimate of drug-likeness (QED) is 0.675. The molecule has 0 spiro atoms. The SMILES string of the molecule is CC(C)CNCCCCOc1c(Cl)cc(Cl)cc1Cl. The maximum Gasteiger partial charge on any atom is 0.156 e. The molecule has 1 aromatic carbocycles. The lowest BCUT2D eigenvalue weighted by Gasteiger charge is -2.11. The second-order valence-electron chi connectivity index (χ2n) is 4.85. The molecule has 0 aliphatic heterocycles. The lowest BCUT2D eigenvalue weighted by Crippen LogP contribution is -2.21. The Labute approximate surface area is 130 Å². The molecule has 0 radical (unpaired) electrons. The molecule has 1 N–H and O–H groups in total. The molecule has 0 bridgehead atoms. The first-order valence-electron chi connectivity index (χ1n) is 6.48. The van der Waals surface area contributed by atoms with E-state index in [1.807, 2.05) is 0 Å². The molecule has 0 aliphatic rings. The van der Waals surface area contributed by atoms with Gasteiger partial charge in [0, 0.05) is 5.02 Å². The predicted molar refractivity (Wildman–Crippen MR) is 83.9 cm³/mol. The van der Waals surface area contributed by atoms with Crippen LogP contribution in [0.1, 0.15) is 26.7 Å². The maximum absolute atomic E-state index is 6.03. The zero-order valence-corrected chi connectivity index (χ0v) is 13.6. The number of ether oxygens (including phenoxy) is 1. The molecule has 1 aromatic rings. The largest absolute Gasteiger partial charge is 0.490 e. The van der Waals surface area contributed by atoms with E-state index in [4.69, 9.17) is 39.5 Å². The summed E-state index contributed by atoms with van der Waals surface area (Å²) in [7, 11) is 0. The third-order valence-corrected chi connectivity index (χ3v) is 3.29. The summed E-state index contributed by atoms with van der Waals surface area (Å²) in [6.45, 7) is 7.05. The molecule has 0 atom stereocenters. The highest BCUT2D eigenvalue weighted by atomic mass is 35.5. The minimum atomic E-state index is 0.454. The van der Waals surface area contributed by atoms with Crippen molar-refractivity contribution >= 4 is 34.8 Å². The van der Waals surface area contributed by atoms with Gasteiger partial charge in [0.25, 0.3) is 0 Å². The molecule has 1 rings (SSSR count). The molecule has 2 nitrogen and oxygen atoms in total. The fraction of sp³-hybridized carbons (Fsp3) is 0.571. The Balaban J connectivity index is 2.23. The van der Waals surface area contributed by atoms with Crippen LogP contribution in [0, 0.1) is 5.92 Å². The third kappa shape index (κ3) is 6.71. The zero-order chi connectivity index (χ0) is 14.3. The summed E-state index contributed by atoms with van der Waals surface area (Å²) in [6.07, 6.45) is 2.02. The van der Waals surface area contributed by atoms with Crippen molar-refractivity contribution in [1.29, 1.82) is 0 Å². The van der Waals surface area contributed by atoms with Gasteiger partial charge in [-0.2, -0.15) is 0 Å². The summed E-state index contributed by atoms with van der Waals surface area (Å²) in [6, 6.07) is 3.27. The van der Waals surface area contributed by atoms with E-state index in [0.717, 1.165) is 25.9 Å². The number of nitrogens with one attached hydrogen (secondary N) is 1. The van der Waals surface area contributed by atoms with Gasteiger partial charge in [0.15, 0.2) is 5.75 Å². The number of rotatable bonds is 8. The first-order valence-corrected chi connectivity index (χ1v) is 7.62. The Hall–Kier alpha value is -0.150. The van der Waals surface area contributed by atoms with E-state index in [9.17, 15) is 0 Å². The summed E-state index contributed by atoms with van der Waals surface area (Å²) in [5.74, 6) is 1.20. The van der Waals surface area contributed by atoms with Crippen LogP contribution >= 0.6 is 34.8 Å². The Kier molecular flexibility index (Phi) is 7.93. The molecule has 0 saturated carbocycles. The van der Waals surface area contributed by atoms with Crippen LogP contribution < -0.4 is 10.1 Å². The molecule has 108 valence electrons. The summed E-state index contributed by atoms with van der Waals surface area (Å²) < 4.78 is 5.60. The monoisotopic (exact) mass is 323 g/mol. The first-order chi connectivity index (χ1) is 9.00. The number of unbranched alkanes of at least 4 members (excludes halogenated alkanes) is 1. The van der Waals surface area contributed by atoms with Gasteiger partial charge in [0.2, 0.25) is 0 Å². The van der Waals surface area contributed by atoms with Crippen molar-refractivity contribution in [2.75, 3.05) is 19.7 Å². The Morgan fingerprint density at radius 3 is 2.32 bits per heavy atom. The molecule has 0 fully saturated rings. The van der Waals surface area contributed by atoms with Crippen LogP contribution in [0.2, 0.25) is 15.1 Å². The average molecular weight is 325 g/mol. The summed E-state index contributed by atoms with van der Waals surface area (Å²) in [4.78, 5) is 0. The van der Waals surface area contributed by atoms with Crippen molar-refractivity contribution < 1.29 is 4.74 Å². The van der Waals surface area contributed by atoms with E-state index in [1.165, 1.54) is 0 Å². The van der Waals surface area contributed by atoms with E-state index >= 15 is 0 Å². The Morgan fingerprint density at radius 2 is 1.74 bits per heavy atom. The minimum Gasteiger partial charge on any atom is -0.490 e. The van der Waals surface area contributed by atoms with Crippen LogP contribution in [0.15, 0.2) is 12.1 Å². The van der Waals surface area contributed by atoms with Crippen LogP contribution in [0.25, 0.3) is 0 Å². The third-order valence-electron chi connectivity index (χ3n) is 2.51. The number of hydrogen-bond acceptors (Lipinski definition) is 2. The van der Waals surface area contributed by atoms with Gasteiger partial charge in [-0.1, -0.05) is 48.7 Å². The van der Waals surface area contributed by atoms with Gasteiger partial charge < -0.3 is 10.1 Å². The molecule has 0 aliphatic carbocycles. The van der Waals surface area contributed by atoms with Gasteiger partial charge in [-0.3, -0.25) is 0 Å². The van der Waals surface area contributed by atoms with E-state index < -0.39 is 0 Å². The lowest BCUT2D eigenvalue weighted by molar-refractivity contribution is 0.305. The van der Waals surface area contributed by atoms with E-state index in [0.29, 0.717) is 33.3 Å². The van der Waals surface area contributed by atoms with Crippen LogP contribution in [0.3, 0.4) is 0 Å². The van der Waals surface area contributed by atoms with E-state index in [1.54, 1.807) is 12.1 Å². The van der Waals surface area contributed by atoms with Gasteiger partial charge in [-0.15, -0.1) is 0 Å². The van der Waals surface area contributed by atoms with E-state index in [-0.39, 0.29) is 0 Å².